The Morgan fingerprint density at radius 1 is 1.22 bits per heavy atom. The SMILES string of the molecule is ICCCCCCCOC12C=CC=C(C1)OCO2. The van der Waals surface area contributed by atoms with Gasteiger partial charge in [0.1, 0.15) is 5.76 Å². The number of alkyl halides is 1. The van der Waals surface area contributed by atoms with Crippen molar-refractivity contribution in [2.24, 2.45) is 0 Å². The van der Waals surface area contributed by atoms with Crippen LogP contribution >= 0.6 is 22.6 Å². The summed E-state index contributed by atoms with van der Waals surface area (Å²) < 4.78 is 18.1. The van der Waals surface area contributed by atoms with E-state index in [2.05, 4.69) is 22.6 Å². The molecular formula is C14H21IO3. The molecule has 0 aromatic heterocycles. The van der Waals surface area contributed by atoms with E-state index in [0.29, 0.717) is 13.2 Å². The van der Waals surface area contributed by atoms with Gasteiger partial charge in [-0.2, -0.15) is 0 Å². The van der Waals surface area contributed by atoms with E-state index in [1.165, 1.54) is 30.1 Å². The van der Waals surface area contributed by atoms with Crippen LogP contribution in [-0.2, 0) is 14.2 Å². The van der Waals surface area contributed by atoms with E-state index in [-0.39, 0.29) is 0 Å². The number of ether oxygens (including phenoxy) is 3. The molecule has 1 saturated heterocycles. The fourth-order valence-electron chi connectivity index (χ4n) is 2.18. The van der Waals surface area contributed by atoms with Crippen molar-refractivity contribution in [3.63, 3.8) is 0 Å². The second-order valence-electron chi connectivity index (χ2n) is 4.69. The highest BCUT2D eigenvalue weighted by atomic mass is 127. The van der Waals surface area contributed by atoms with Crippen LogP contribution in [0.1, 0.15) is 38.5 Å². The van der Waals surface area contributed by atoms with Gasteiger partial charge in [-0.15, -0.1) is 0 Å². The van der Waals surface area contributed by atoms with Crippen molar-refractivity contribution in [3.05, 3.63) is 24.0 Å². The lowest BCUT2D eigenvalue weighted by molar-refractivity contribution is -0.267. The molecule has 2 aliphatic rings. The average Bonchev–Trinajstić information content (AvgIpc) is 2.38. The highest BCUT2D eigenvalue weighted by molar-refractivity contribution is 14.1. The number of hydrogen-bond acceptors (Lipinski definition) is 3. The van der Waals surface area contributed by atoms with Gasteiger partial charge >= 0.3 is 0 Å². The smallest absolute Gasteiger partial charge is 0.198 e. The molecular weight excluding hydrogens is 343 g/mol. The molecule has 18 heavy (non-hydrogen) atoms. The molecule has 0 aromatic carbocycles. The summed E-state index contributed by atoms with van der Waals surface area (Å²) in [5.41, 5.74) is 0. The van der Waals surface area contributed by atoms with Gasteiger partial charge in [0.25, 0.3) is 0 Å². The van der Waals surface area contributed by atoms with Gasteiger partial charge in [-0.1, -0.05) is 47.9 Å². The molecule has 1 atom stereocenters. The van der Waals surface area contributed by atoms with Crippen molar-refractivity contribution in [1.82, 2.24) is 0 Å². The fourth-order valence-corrected chi connectivity index (χ4v) is 2.72. The molecule has 1 unspecified atom stereocenters. The normalized spacial score (nSPS) is 25.7. The molecule has 0 amide bonds. The zero-order valence-electron chi connectivity index (χ0n) is 10.7. The summed E-state index contributed by atoms with van der Waals surface area (Å²) >= 11 is 2.43. The van der Waals surface area contributed by atoms with Gasteiger partial charge in [-0.05, 0) is 29.4 Å². The Bertz CT molecular complexity index is 314. The van der Waals surface area contributed by atoms with E-state index in [9.17, 15) is 0 Å². The summed E-state index contributed by atoms with van der Waals surface area (Å²) in [4.78, 5) is 0. The predicted molar refractivity (Wildman–Crippen MR) is 79.5 cm³/mol. The number of unbranched alkanes of at least 4 members (excludes halogenated alkanes) is 4. The van der Waals surface area contributed by atoms with Gasteiger partial charge in [0.2, 0.25) is 0 Å². The van der Waals surface area contributed by atoms with Gasteiger partial charge < -0.3 is 14.2 Å². The number of allylic oxidation sites excluding steroid dienone is 2. The molecule has 102 valence electrons. The molecule has 0 spiro atoms. The number of halogens is 1. The number of rotatable bonds is 8. The minimum atomic E-state index is -0.551. The molecule has 3 nitrogen and oxygen atoms in total. The summed E-state index contributed by atoms with van der Waals surface area (Å²) in [5, 5.41) is 0. The molecule has 0 radical (unpaired) electrons. The summed E-state index contributed by atoms with van der Waals surface area (Å²) in [6.07, 6.45) is 13.0. The van der Waals surface area contributed by atoms with Crippen LogP contribution in [0, 0.1) is 0 Å². The van der Waals surface area contributed by atoms with Crippen LogP contribution in [-0.4, -0.2) is 23.6 Å². The molecule has 0 aromatic rings. The van der Waals surface area contributed by atoms with E-state index < -0.39 is 5.79 Å². The second kappa shape index (κ2) is 7.50. The molecule has 1 aliphatic carbocycles. The zero-order valence-corrected chi connectivity index (χ0v) is 12.9. The Hall–Kier alpha value is -0.0700. The molecule has 1 aliphatic heterocycles. The van der Waals surface area contributed by atoms with Crippen LogP contribution in [0.3, 0.4) is 0 Å². The first-order valence-corrected chi connectivity index (χ1v) is 8.22. The van der Waals surface area contributed by atoms with E-state index >= 15 is 0 Å². The molecule has 0 N–H and O–H groups in total. The van der Waals surface area contributed by atoms with E-state index in [0.717, 1.165) is 18.8 Å². The first kappa shape index (κ1) is 14.3. The number of hydrogen-bond donors (Lipinski definition) is 0. The zero-order chi connectivity index (χ0) is 12.7. The van der Waals surface area contributed by atoms with Crippen molar-refractivity contribution in [2.75, 3.05) is 17.8 Å². The van der Waals surface area contributed by atoms with Gasteiger partial charge in [-0.25, -0.2) is 0 Å². The quantitative estimate of drug-likeness (QED) is 0.371. The monoisotopic (exact) mass is 364 g/mol. The van der Waals surface area contributed by atoms with Gasteiger partial charge in [-0.3, -0.25) is 0 Å². The fraction of sp³-hybridized carbons (Fsp3) is 0.714. The van der Waals surface area contributed by atoms with Crippen LogP contribution in [0.2, 0.25) is 0 Å². The predicted octanol–water partition coefficient (Wildman–Crippen LogP) is 3.93. The van der Waals surface area contributed by atoms with Crippen LogP contribution in [0.4, 0.5) is 0 Å². The van der Waals surface area contributed by atoms with Crippen LogP contribution in [0.5, 0.6) is 0 Å². The largest absolute Gasteiger partial charge is 0.472 e. The maximum atomic E-state index is 5.92. The molecule has 1 heterocycles. The summed E-state index contributed by atoms with van der Waals surface area (Å²) in [7, 11) is 0. The first-order chi connectivity index (χ1) is 8.85. The molecule has 0 saturated carbocycles. The maximum Gasteiger partial charge on any atom is 0.198 e. The standard InChI is InChI=1S/C14H21IO3/c15-9-4-2-1-3-5-10-17-14-8-6-7-13(11-14)16-12-18-14/h6-8H,1-5,9-12H2. The first-order valence-electron chi connectivity index (χ1n) is 6.70. The third-order valence-corrected chi connectivity index (χ3v) is 3.99. The molecule has 4 heteroatoms. The van der Waals surface area contributed by atoms with E-state index in [1.54, 1.807) is 0 Å². The van der Waals surface area contributed by atoms with Crippen molar-refractivity contribution in [1.29, 1.82) is 0 Å². The van der Waals surface area contributed by atoms with Crippen molar-refractivity contribution >= 4 is 22.6 Å². The third-order valence-electron chi connectivity index (χ3n) is 3.22. The van der Waals surface area contributed by atoms with Crippen molar-refractivity contribution in [2.45, 2.75) is 44.3 Å². The lowest BCUT2D eigenvalue weighted by atomic mass is 10.1. The summed E-state index contributed by atoms with van der Waals surface area (Å²) in [6, 6.07) is 0. The van der Waals surface area contributed by atoms with Gasteiger partial charge in [0.05, 0.1) is 13.0 Å². The molecule has 1 fully saturated rings. The Morgan fingerprint density at radius 3 is 2.94 bits per heavy atom. The second-order valence-corrected chi connectivity index (χ2v) is 5.77. The Balaban J connectivity index is 1.61. The Kier molecular flexibility index (Phi) is 5.98. The summed E-state index contributed by atoms with van der Waals surface area (Å²) in [5.74, 6) is 0.413. The topological polar surface area (TPSA) is 27.7 Å². The van der Waals surface area contributed by atoms with E-state index in [1.807, 2.05) is 18.2 Å². The van der Waals surface area contributed by atoms with Crippen LogP contribution < -0.4 is 0 Å². The maximum absolute atomic E-state index is 5.92. The minimum absolute atomic E-state index is 0.297. The highest BCUT2D eigenvalue weighted by Crippen LogP contribution is 2.33. The lowest BCUT2D eigenvalue weighted by Gasteiger charge is -2.37. The third kappa shape index (κ3) is 4.24. The van der Waals surface area contributed by atoms with E-state index in [4.69, 9.17) is 14.2 Å². The van der Waals surface area contributed by atoms with Gasteiger partial charge in [0, 0.05) is 0 Å². The molecule has 2 bridgehead atoms. The highest BCUT2D eigenvalue weighted by Gasteiger charge is 2.36. The minimum Gasteiger partial charge on any atom is -0.472 e. The van der Waals surface area contributed by atoms with Crippen LogP contribution in [0.15, 0.2) is 24.0 Å². The van der Waals surface area contributed by atoms with Crippen LogP contribution in [0.25, 0.3) is 0 Å². The lowest BCUT2D eigenvalue weighted by Crippen LogP contribution is -2.40. The number of fused-ring (bicyclic) bond motifs is 2. The van der Waals surface area contributed by atoms with Gasteiger partial charge in [0.15, 0.2) is 12.6 Å². The van der Waals surface area contributed by atoms with Crippen molar-refractivity contribution in [3.8, 4) is 0 Å². The van der Waals surface area contributed by atoms with Crippen molar-refractivity contribution < 1.29 is 14.2 Å². The Labute approximate surface area is 123 Å². The summed E-state index contributed by atoms with van der Waals surface area (Å²) in [6.45, 7) is 1.06. The Morgan fingerprint density at radius 2 is 2.06 bits per heavy atom. The molecule has 2 rings (SSSR count). The average molecular weight is 364 g/mol.